The minimum atomic E-state index is 0.417. The molecule has 0 saturated carbocycles. The molecule has 2 saturated heterocycles. The Morgan fingerprint density at radius 1 is 1.38 bits per heavy atom. The minimum Gasteiger partial charge on any atom is -0.302 e. The standard InChI is InChI=1S/C10H19NS2/c1-8-4-6-11-10(13-8)5-3-7-12-9(10)2/h8-9,11H,3-7H2,1-2H3. The highest BCUT2D eigenvalue weighted by Gasteiger charge is 2.41. The summed E-state index contributed by atoms with van der Waals surface area (Å²) in [4.78, 5) is 0.417. The van der Waals surface area contributed by atoms with Crippen LogP contribution in [0.3, 0.4) is 0 Å². The summed E-state index contributed by atoms with van der Waals surface area (Å²) in [7, 11) is 0. The summed E-state index contributed by atoms with van der Waals surface area (Å²) in [5.41, 5.74) is 0. The van der Waals surface area contributed by atoms with Crippen molar-refractivity contribution >= 4 is 23.5 Å². The first-order valence-corrected chi connectivity index (χ1v) is 7.20. The molecule has 3 atom stereocenters. The lowest BCUT2D eigenvalue weighted by Crippen LogP contribution is -2.55. The summed E-state index contributed by atoms with van der Waals surface area (Å²) >= 11 is 4.33. The van der Waals surface area contributed by atoms with Gasteiger partial charge in [0.15, 0.2) is 0 Å². The van der Waals surface area contributed by atoms with Gasteiger partial charge in [-0.3, -0.25) is 0 Å². The zero-order valence-electron chi connectivity index (χ0n) is 8.51. The second-order valence-corrected chi connectivity index (χ2v) is 7.37. The van der Waals surface area contributed by atoms with Crippen molar-refractivity contribution in [3.8, 4) is 0 Å². The van der Waals surface area contributed by atoms with Gasteiger partial charge in [-0.25, -0.2) is 0 Å². The van der Waals surface area contributed by atoms with Crippen molar-refractivity contribution < 1.29 is 0 Å². The molecule has 76 valence electrons. The van der Waals surface area contributed by atoms with Gasteiger partial charge in [-0.05, 0) is 31.6 Å². The van der Waals surface area contributed by atoms with Crippen LogP contribution in [0.5, 0.6) is 0 Å². The van der Waals surface area contributed by atoms with Gasteiger partial charge < -0.3 is 5.32 Å². The van der Waals surface area contributed by atoms with E-state index in [1.54, 1.807) is 0 Å². The van der Waals surface area contributed by atoms with Crippen molar-refractivity contribution in [1.29, 1.82) is 0 Å². The molecule has 0 aliphatic carbocycles. The molecule has 2 rings (SSSR count). The van der Waals surface area contributed by atoms with Crippen molar-refractivity contribution in [2.45, 2.75) is 48.5 Å². The SMILES string of the molecule is CC1CCNC2(CCCSC2C)S1. The zero-order valence-corrected chi connectivity index (χ0v) is 10.1. The van der Waals surface area contributed by atoms with Gasteiger partial charge in [0.1, 0.15) is 0 Å². The van der Waals surface area contributed by atoms with E-state index in [0.717, 1.165) is 10.5 Å². The average molecular weight is 217 g/mol. The Balaban J connectivity index is 2.07. The molecule has 3 unspecified atom stereocenters. The molecule has 0 radical (unpaired) electrons. The highest BCUT2D eigenvalue weighted by Crippen LogP contribution is 2.45. The molecule has 3 heteroatoms. The van der Waals surface area contributed by atoms with E-state index < -0.39 is 0 Å². The fourth-order valence-electron chi connectivity index (χ4n) is 2.27. The van der Waals surface area contributed by atoms with Crippen LogP contribution in [-0.2, 0) is 0 Å². The Morgan fingerprint density at radius 3 is 2.92 bits per heavy atom. The fourth-order valence-corrected chi connectivity index (χ4v) is 5.36. The highest BCUT2D eigenvalue weighted by atomic mass is 32.2. The predicted octanol–water partition coefficient (Wildman–Crippen LogP) is 2.71. The summed E-state index contributed by atoms with van der Waals surface area (Å²) in [5.74, 6) is 1.36. The fraction of sp³-hybridized carbons (Fsp3) is 1.00. The third kappa shape index (κ3) is 2.02. The maximum atomic E-state index is 3.76. The molecule has 1 nitrogen and oxygen atoms in total. The summed E-state index contributed by atoms with van der Waals surface area (Å²) in [5, 5.41) is 5.39. The lowest BCUT2D eigenvalue weighted by Gasteiger charge is -2.47. The molecule has 0 aromatic heterocycles. The Kier molecular flexibility index (Phi) is 3.16. The van der Waals surface area contributed by atoms with Gasteiger partial charge in [-0.15, -0.1) is 11.8 Å². The van der Waals surface area contributed by atoms with Crippen LogP contribution in [0.2, 0.25) is 0 Å². The van der Waals surface area contributed by atoms with Crippen LogP contribution >= 0.6 is 23.5 Å². The highest BCUT2D eigenvalue weighted by molar-refractivity contribution is 8.04. The number of hydrogen-bond acceptors (Lipinski definition) is 3. The van der Waals surface area contributed by atoms with Crippen LogP contribution in [0.15, 0.2) is 0 Å². The molecule has 0 aromatic carbocycles. The van der Waals surface area contributed by atoms with Gasteiger partial charge in [-0.1, -0.05) is 13.8 Å². The number of hydrogen-bond donors (Lipinski definition) is 1. The molecule has 1 spiro atoms. The van der Waals surface area contributed by atoms with Gasteiger partial charge >= 0.3 is 0 Å². The summed E-state index contributed by atoms with van der Waals surface area (Å²) in [6.45, 7) is 5.99. The monoisotopic (exact) mass is 217 g/mol. The second kappa shape index (κ2) is 4.03. The van der Waals surface area contributed by atoms with Crippen LogP contribution in [-0.4, -0.2) is 27.7 Å². The van der Waals surface area contributed by atoms with E-state index in [2.05, 4.69) is 42.7 Å². The van der Waals surface area contributed by atoms with E-state index in [1.807, 2.05) is 0 Å². The van der Waals surface area contributed by atoms with Gasteiger partial charge in [0, 0.05) is 10.5 Å². The lowest BCUT2D eigenvalue weighted by atomic mass is 10.1. The summed E-state index contributed by atoms with van der Waals surface area (Å²) in [6.07, 6.45) is 4.10. The molecular weight excluding hydrogens is 198 g/mol. The Morgan fingerprint density at radius 2 is 2.23 bits per heavy atom. The molecule has 2 heterocycles. The molecule has 2 aliphatic rings. The molecule has 0 amide bonds. The molecule has 0 aromatic rings. The molecule has 2 aliphatic heterocycles. The van der Waals surface area contributed by atoms with E-state index in [4.69, 9.17) is 0 Å². The van der Waals surface area contributed by atoms with Crippen molar-refractivity contribution in [3.63, 3.8) is 0 Å². The number of nitrogens with one attached hydrogen (secondary N) is 1. The third-order valence-corrected chi connectivity index (χ3v) is 6.44. The van der Waals surface area contributed by atoms with Crippen molar-refractivity contribution in [3.05, 3.63) is 0 Å². The van der Waals surface area contributed by atoms with Crippen molar-refractivity contribution in [2.24, 2.45) is 0 Å². The molecule has 13 heavy (non-hydrogen) atoms. The van der Waals surface area contributed by atoms with E-state index in [0.29, 0.717) is 4.87 Å². The first-order valence-electron chi connectivity index (χ1n) is 5.27. The average Bonchev–Trinajstić information content (AvgIpc) is 2.11. The Bertz CT molecular complexity index is 182. The van der Waals surface area contributed by atoms with Gasteiger partial charge in [0.25, 0.3) is 0 Å². The molecule has 2 fully saturated rings. The number of rotatable bonds is 0. The maximum Gasteiger partial charge on any atom is 0.0765 e. The predicted molar refractivity (Wildman–Crippen MR) is 63.6 cm³/mol. The van der Waals surface area contributed by atoms with E-state index in [1.165, 1.54) is 31.6 Å². The van der Waals surface area contributed by atoms with Crippen LogP contribution in [0, 0.1) is 0 Å². The van der Waals surface area contributed by atoms with Crippen molar-refractivity contribution in [1.82, 2.24) is 5.32 Å². The number of thioether (sulfide) groups is 2. The van der Waals surface area contributed by atoms with Gasteiger partial charge in [0.2, 0.25) is 0 Å². The lowest BCUT2D eigenvalue weighted by molar-refractivity contribution is 0.399. The molecular formula is C10H19NS2. The molecule has 1 N–H and O–H groups in total. The van der Waals surface area contributed by atoms with Gasteiger partial charge in [-0.2, -0.15) is 11.8 Å². The smallest absolute Gasteiger partial charge is 0.0765 e. The van der Waals surface area contributed by atoms with E-state index in [9.17, 15) is 0 Å². The van der Waals surface area contributed by atoms with Gasteiger partial charge in [0.05, 0.1) is 4.87 Å². The van der Waals surface area contributed by atoms with E-state index in [-0.39, 0.29) is 0 Å². The maximum absolute atomic E-state index is 3.76. The van der Waals surface area contributed by atoms with Crippen LogP contribution < -0.4 is 5.32 Å². The summed E-state index contributed by atoms with van der Waals surface area (Å²) in [6, 6.07) is 0. The van der Waals surface area contributed by atoms with Crippen LogP contribution in [0.4, 0.5) is 0 Å². The zero-order chi connectivity index (χ0) is 9.31. The quantitative estimate of drug-likeness (QED) is 0.670. The third-order valence-electron chi connectivity index (χ3n) is 3.10. The second-order valence-electron chi connectivity index (χ2n) is 4.15. The topological polar surface area (TPSA) is 12.0 Å². The summed E-state index contributed by atoms with van der Waals surface area (Å²) < 4.78 is 0. The van der Waals surface area contributed by atoms with E-state index >= 15 is 0 Å². The molecule has 0 bridgehead atoms. The Hall–Kier alpha value is 0.660. The Labute approximate surface area is 89.8 Å². The first kappa shape index (κ1) is 10.2. The first-order chi connectivity index (χ1) is 6.23. The van der Waals surface area contributed by atoms with Crippen LogP contribution in [0.25, 0.3) is 0 Å². The minimum absolute atomic E-state index is 0.417. The normalized spacial score (nSPS) is 46.6. The largest absolute Gasteiger partial charge is 0.302 e. The van der Waals surface area contributed by atoms with Crippen molar-refractivity contribution in [2.75, 3.05) is 12.3 Å². The van der Waals surface area contributed by atoms with Crippen LogP contribution in [0.1, 0.15) is 33.1 Å².